The van der Waals surface area contributed by atoms with E-state index in [2.05, 4.69) is 21.4 Å². The van der Waals surface area contributed by atoms with Crippen LogP contribution in [-0.4, -0.2) is 6.04 Å². The monoisotopic (exact) mass is 340 g/mol. The maximum atomic E-state index is 13.7. The molecule has 0 aromatic heterocycles. The van der Waals surface area contributed by atoms with Gasteiger partial charge in [-0.15, -0.1) is 0 Å². The normalized spacial score (nSPS) is 12.4. The molecule has 2 nitrogen and oxygen atoms in total. The number of benzene rings is 2. The zero-order chi connectivity index (χ0) is 14.5. The Bertz CT molecular complexity index is 573. The fourth-order valence-electron chi connectivity index (χ4n) is 2.06. The summed E-state index contributed by atoms with van der Waals surface area (Å²) in [6, 6.07) is 10.9. The van der Waals surface area contributed by atoms with Crippen molar-refractivity contribution in [1.29, 1.82) is 0 Å². The van der Waals surface area contributed by atoms with Gasteiger partial charge in [-0.3, -0.25) is 11.3 Å². The lowest BCUT2D eigenvalue weighted by Crippen LogP contribution is -2.38. The SMILES string of the molecule is NNC(Cc1ccc(F)cc1)Cc1cc(Br)ccc1F. The van der Waals surface area contributed by atoms with E-state index >= 15 is 0 Å². The molecule has 0 aliphatic rings. The third-order valence-electron chi connectivity index (χ3n) is 3.11. The van der Waals surface area contributed by atoms with Crippen LogP contribution in [0.1, 0.15) is 11.1 Å². The molecular formula is C15H15BrF2N2. The second kappa shape index (κ2) is 6.92. The zero-order valence-corrected chi connectivity index (χ0v) is 12.3. The molecule has 20 heavy (non-hydrogen) atoms. The van der Waals surface area contributed by atoms with Crippen LogP contribution in [-0.2, 0) is 12.8 Å². The summed E-state index contributed by atoms with van der Waals surface area (Å²) in [7, 11) is 0. The Morgan fingerprint density at radius 1 is 1.05 bits per heavy atom. The first-order chi connectivity index (χ1) is 9.58. The fourth-order valence-corrected chi connectivity index (χ4v) is 2.47. The van der Waals surface area contributed by atoms with Gasteiger partial charge in [0.05, 0.1) is 0 Å². The molecule has 0 fully saturated rings. The molecule has 0 heterocycles. The first-order valence-electron chi connectivity index (χ1n) is 6.23. The maximum Gasteiger partial charge on any atom is 0.126 e. The number of nitrogens with one attached hydrogen (secondary N) is 1. The Morgan fingerprint density at radius 2 is 1.75 bits per heavy atom. The van der Waals surface area contributed by atoms with Gasteiger partial charge >= 0.3 is 0 Å². The van der Waals surface area contributed by atoms with Crippen molar-refractivity contribution < 1.29 is 8.78 Å². The van der Waals surface area contributed by atoms with Gasteiger partial charge in [0.15, 0.2) is 0 Å². The number of halogens is 3. The number of rotatable bonds is 5. The second-order valence-corrected chi connectivity index (χ2v) is 5.55. The van der Waals surface area contributed by atoms with Gasteiger partial charge in [0, 0.05) is 10.5 Å². The molecule has 0 amide bonds. The van der Waals surface area contributed by atoms with Gasteiger partial charge in [-0.1, -0.05) is 28.1 Å². The molecule has 106 valence electrons. The Kier molecular flexibility index (Phi) is 5.23. The Hall–Kier alpha value is -1.30. The van der Waals surface area contributed by atoms with Crippen molar-refractivity contribution in [1.82, 2.24) is 5.43 Å². The fraction of sp³-hybridized carbons (Fsp3) is 0.200. The quantitative estimate of drug-likeness (QED) is 0.647. The second-order valence-electron chi connectivity index (χ2n) is 4.63. The van der Waals surface area contributed by atoms with E-state index in [0.29, 0.717) is 18.4 Å². The number of hydrogen-bond acceptors (Lipinski definition) is 2. The predicted molar refractivity (Wildman–Crippen MR) is 79.0 cm³/mol. The summed E-state index contributed by atoms with van der Waals surface area (Å²) < 4.78 is 27.4. The summed E-state index contributed by atoms with van der Waals surface area (Å²) in [5, 5.41) is 0. The van der Waals surface area contributed by atoms with Crippen LogP contribution >= 0.6 is 15.9 Å². The van der Waals surface area contributed by atoms with Crippen LogP contribution < -0.4 is 11.3 Å². The first-order valence-corrected chi connectivity index (χ1v) is 7.02. The van der Waals surface area contributed by atoms with E-state index in [-0.39, 0.29) is 17.7 Å². The third kappa shape index (κ3) is 4.10. The molecule has 0 spiro atoms. The lowest BCUT2D eigenvalue weighted by molar-refractivity contribution is 0.506. The molecule has 0 saturated heterocycles. The van der Waals surface area contributed by atoms with Gasteiger partial charge in [-0.05, 0) is 54.3 Å². The molecule has 0 bridgehead atoms. The molecule has 1 atom stereocenters. The molecular weight excluding hydrogens is 326 g/mol. The van der Waals surface area contributed by atoms with Crippen LogP contribution in [0.5, 0.6) is 0 Å². The number of hydrazine groups is 1. The molecule has 1 unspecified atom stereocenters. The highest BCUT2D eigenvalue weighted by molar-refractivity contribution is 9.10. The summed E-state index contributed by atoms with van der Waals surface area (Å²) in [6.07, 6.45) is 1.06. The van der Waals surface area contributed by atoms with Crippen molar-refractivity contribution in [3.8, 4) is 0 Å². The van der Waals surface area contributed by atoms with Crippen molar-refractivity contribution in [2.75, 3.05) is 0 Å². The van der Waals surface area contributed by atoms with E-state index < -0.39 is 0 Å². The summed E-state index contributed by atoms with van der Waals surface area (Å²) in [5.74, 6) is 5.00. The van der Waals surface area contributed by atoms with Crippen LogP contribution in [0.2, 0.25) is 0 Å². The zero-order valence-electron chi connectivity index (χ0n) is 10.7. The standard InChI is InChI=1S/C15H15BrF2N2/c16-12-3-6-15(18)11(8-12)9-14(20-19)7-10-1-4-13(17)5-2-10/h1-6,8,14,20H,7,9,19H2. The summed E-state index contributed by atoms with van der Waals surface area (Å²) in [4.78, 5) is 0. The molecule has 3 N–H and O–H groups in total. The van der Waals surface area contributed by atoms with Crippen LogP contribution in [0.3, 0.4) is 0 Å². The van der Waals surface area contributed by atoms with Crippen LogP contribution in [0.25, 0.3) is 0 Å². The van der Waals surface area contributed by atoms with E-state index in [1.54, 1.807) is 24.3 Å². The number of hydrogen-bond donors (Lipinski definition) is 2. The highest BCUT2D eigenvalue weighted by atomic mass is 79.9. The van der Waals surface area contributed by atoms with Crippen molar-refractivity contribution in [2.45, 2.75) is 18.9 Å². The minimum absolute atomic E-state index is 0.121. The lowest BCUT2D eigenvalue weighted by Gasteiger charge is -2.16. The average Bonchev–Trinajstić information content (AvgIpc) is 2.44. The van der Waals surface area contributed by atoms with E-state index in [4.69, 9.17) is 5.84 Å². The molecule has 2 aromatic rings. The molecule has 0 saturated carbocycles. The van der Waals surface area contributed by atoms with E-state index in [1.807, 2.05) is 0 Å². The highest BCUT2D eigenvalue weighted by Gasteiger charge is 2.12. The maximum absolute atomic E-state index is 13.7. The first kappa shape index (κ1) is 15.1. The van der Waals surface area contributed by atoms with Crippen LogP contribution in [0.15, 0.2) is 46.9 Å². The van der Waals surface area contributed by atoms with Crippen molar-refractivity contribution in [3.63, 3.8) is 0 Å². The van der Waals surface area contributed by atoms with Crippen molar-refractivity contribution in [3.05, 3.63) is 69.7 Å². The Morgan fingerprint density at radius 3 is 2.40 bits per heavy atom. The average molecular weight is 341 g/mol. The van der Waals surface area contributed by atoms with Gasteiger partial charge in [0.25, 0.3) is 0 Å². The minimum atomic E-state index is -0.274. The minimum Gasteiger partial charge on any atom is -0.271 e. The number of nitrogens with two attached hydrogens (primary N) is 1. The smallest absolute Gasteiger partial charge is 0.126 e. The van der Waals surface area contributed by atoms with Gasteiger partial charge in [-0.2, -0.15) is 0 Å². The van der Waals surface area contributed by atoms with Gasteiger partial charge in [0.2, 0.25) is 0 Å². The Balaban J connectivity index is 2.08. The van der Waals surface area contributed by atoms with Gasteiger partial charge in [-0.25, -0.2) is 8.78 Å². The van der Waals surface area contributed by atoms with E-state index in [1.165, 1.54) is 18.2 Å². The van der Waals surface area contributed by atoms with Crippen LogP contribution in [0, 0.1) is 11.6 Å². The molecule has 2 rings (SSSR count). The van der Waals surface area contributed by atoms with E-state index in [0.717, 1.165) is 10.0 Å². The van der Waals surface area contributed by atoms with E-state index in [9.17, 15) is 8.78 Å². The summed E-state index contributed by atoms with van der Waals surface area (Å²) in [6.45, 7) is 0. The molecule has 5 heteroatoms. The predicted octanol–water partition coefficient (Wildman–Crippen LogP) is 3.34. The molecule has 2 aromatic carbocycles. The summed E-state index contributed by atoms with van der Waals surface area (Å²) in [5.41, 5.74) is 4.22. The van der Waals surface area contributed by atoms with Crippen molar-refractivity contribution in [2.24, 2.45) is 5.84 Å². The summed E-state index contributed by atoms with van der Waals surface area (Å²) >= 11 is 3.32. The van der Waals surface area contributed by atoms with Gasteiger partial charge < -0.3 is 0 Å². The molecule has 0 aliphatic carbocycles. The Labute approximate surface area is 125 Å². The highest BCUT2D eigenvalue weighted by Crippen LogP contribution is 2.18. The molecule has 0 radical (unpaired) electrons. The topological polar surface area (TPSA) is 38.0 Å². The lowest BCUT2D eigenvalue weighted by atomic mass is 9.99. The van der Waals surface area contributed by atoms with Crippen molar-refractivity contribution >= 4 is 15.9 Å². The molecule has 0 aliphatic heterocycles. The van der Waals surface area contributed by atoms with Crippen LogP contribution in [0.4, 0.5) is 8.78 Å². The third-order valence-corrected chi connectivity index (χ3v) is 3.60. The largest absolute Gasteiger partial charge is 0.271 e. The van der Waals surface area contributed by atoms with Gasteiger partial charge in [0.1, 0.15) is 11.6 Å².